The van der Waals surface area contributed by atoms with E-state index in [2.05, 4.69) is 9.97 Å². The van der Waals surface area contributed by atoms with E-state index in [0.717, 1.165) is 0 Å². The predicted molar refractivity (Wildman–Crippen MR) is 53.1 cm³/mol. The van der Waals surface area contributed by atoms with Crippen molar-refractivity contribution in [3.05, 3.63) is 35.8 Å². The van der Waals surface area contributed by atoms with Crippen LogP contribution >= 0.6 is 0 Å². The molecular weight excluding hydrogens is 195 g/mol. The highest BCUT2D eigenvalue weighted by Gasteiger charge is 2.08. The minimum atomic E-state index is -0.360. The van der Waals surface area contributed by atoms with Gasteiger partial charge in [-0.15, -0.1) is 0 Å². The molecule has 5 heteroatoms. The van der Waals surface area contributed by atoms with Crippen molar-refractivity contribution in [1.82, 2.24) is 9.97 Å². The van der Waals surface area contributed by atoms with E-state index in [1.165, 1.54) is 12.1 Å². The van der Waals surface area contributed by atoms with Crippen LogP contribution in [0.1, 0.15) is 5.69 Å². The Labute approximate surface area is 85.2 Å². The van der Waals surface area contributed by atoms with Crippen molar-refractivity contribution in [3.63, 3.8) is 0 Å². The fourth-order valence-corrected chi connectivity index (χ4v) is 1.24. The normalized spacial score (nSPS) is 9.87. The monoisotopic (exact) mass is 202 g/mol. The van der Waals surface area contributed by atoms with Gasteiger partial charge in [-0.2, -0.15) is 5.26 Å². The number of nitrogens with zero attached hydrogens (tertiary/aromatic N) is 2. The summed E-state index contributed by atoms with van der Waals surface area (Å²) in [6.07, 6.45) is 0. The van der Waals surface area contributed by atoms with Crippen LogP contribution in [0.3, 0.4) is 0 Å². The number of hydrogen-bond acceptors (Lipinski definition) is 3. The van der Waals surface area contributed by atoms with E-state index in [1.54, 1.807) is 12.1 Å². The molecule has 0 spiro atoms. The lowest BCUT2D eigenvalue weighted by Gasteiger charge is -1.95. The second-order valence-corrected chi connectivity index (χ2v) is 2.97. The summed E-state index contributed by atoms with van der Waals surface area (Å²) in [6.45, 7) is 0. The number of anilines is 1. The standard InChI is InChI=1S/C10H7FN4/c11-7-3-1-2-6(4-7)10-14-8(5-12)9(13)15-10/h1-4H,13H2,(H,14,15). The summed E-state index contributed by atoms with van der Waals surface area (Å²) in [6, 6.07) is 7.76. The van der Waals surface area contributed by atoms with Crippen molar-refractivity contribution < 1.29 is 4.39 Å². The van der Waals surface area contributed by atoms with Gasteiger partial charge >= 0.3 is 0 Å². The zero-order valence-corrected chi connectivity index (χ0v) is 7.66. The summed E-state index contributed by atoms with van der Waals surface area (Å²) >= 11 is 0. The lowest BCUT2D eigenvalue weighted by molar-refractivity contribution is 0.628. The molecule has 0 fully saturated rings. The summed E-state index contributed by atoms with van der Waals surface area (Å²) in [4.78, 5) is 6.64. The molecule has 0 saturated heterocycles. The molecule has 0 amide bonds. The fraction of sp³-hybridized carbons (Fsp3) is 0. The SMILES string of the molecule is N#Cc1[nH]c(-c2cccc(F)c2)nc1N. The first-order valence-electron chi connectivity index (χ1n) is 4.22. The van der Waals surface area contributed by atoms with Crippen LogP contribution in [0.25, 0.3) is 11.4 Å². The Kier molecular flexibility index (Phi) is 2.10. The highest BCUT2D eigenvalue weighted by Crippen LogP contribution is 2.19. The van der Waals surface area contributed by atoms with Gasteiger partial charge in [0.25, 0.3) is 0 Å². The van der Waals surface area contributed by atoms with Crippen LogP contribution in [0.2, 0.25) is 0 Å². The number of rotatable bonds is 1. The van der Waals surface area contributed by atoms with E-state index >= 15 is 0 Å². The van der Waals surface area contributed by atoms with E-state index in [4.69, 9.17) is 11.0 Å². The molecule has 0 atom stereocenters. The second-order valence-electron chi connectivity index (χ2n) is 2.97. The van der Waals surface area contributed by atoms with Crippen LogP contribution in [0.4, 0.5) is 10.2 Å². The van der Waals surface area contributed by atoms with Crippen LogP contribution < -0.4 is 5.73 Å². The van der Waals surface area contributed by atoms with Crippen molar-refractivity contribution in [2.45, 2.75) is 0 Å². The first-order chi connectivity index (χ1) is 7.20. The molecule has 2 aromatic rings. The van der Waals surface area contributed by atoms with Crippen molar-refractivity contribution in [2.75, 3.05) is 5.73 Å². The Bertz CT molecular complexity index is 539. The van der Waals surface area contributed by atoms with Gasteiger partial charge in [0.05, 0.1) is 0 Å². The zero-order valence-electron chi connectivity index (χ0n) is 7.66. The van der Waals surface area contributed by atoms with Crippen LogP contribution in [0.15, 0.2) is 24.3 Å². The van der Waals surface area contributed by atoms with Crippen molar-refractivity contribution in [3.8, 4) is 17.5 Å². The number of nitriles is 1. The van der Waals surface area contributed by atoms with E-state index in [9.17, 15) is 4.39 Å². The molecule has 4 nitrogen and oxygen atoms in total. The third kappa shape index (κ3) is 1.65. The number of imidazole rings is 1. The highest BCUT2D eigenvalue weighted by molar-refractivity contribution is 5.60. The average Bonchev–Trinajstić information content (AvgIpc) is 2.60. The molecule has 0 bridgehead atoms. The molecule has 0 saturated carbocycles. The van der Waals surface area contributed by atoms with Gasteiger partial charge < -0.3 is 10.7 Å². The number of nitrogens with one attached hydrogen (secondary N) is 1. The van der Waals surface area contributed by atoms with Gasteiger partial charge in [0.1, 0.15) is 17.7 Å². The minimum absolute atomic E-state index is 0.122. The van der Waals surface area contributed by atoms with E-state index in [1.807, 2.05) is 6.07 Å². The van der Waals surface area contributed by atoms with Gasteiger partial charge in [-0.05, 0) is 12.1 Å². The molecule has 1 aromatic heterocycles. The number of aromatic amines is 1. The van der Waals surface area contributed by atoms with E-state index in [-0.39, 0.29) is 17.3 Å². The maximum absolute atomic E-state index is 12.9. The second kappa shape index (κ2) is 3.42. The molecule has 1 aromatic carbocycles. The molecule has 2 rings (SSSR count). The quantitative estimate of drug-likeness (QED) is 0.738. The molecule has 0 radical (unpaired) electrons. The lowest BCUT2D eigenvalue weighted by Crippen LogP contribution is -1.87. The number of nitrogen functional groups attached to an aromatic ring is 1. The van der Waals surface area contributed by atoms with Gasteiger partial charge in [0, 0.05) is 5.56 Å². The Morgan fingerprint density at radius 2 is 2.27 bits per heavy atom. The maximum Gasteiger partial charge on any atom is 0.161 e. The first-order valence-corrected chi connectivity index (χ1v) is 4.22. The van der Waals surface area contributed by atoms with E-state index in [0.29, 0.717) is 11.4 Å². The first kappa shape index (κ1) is 9.21. The Hall–Kier alpha value is -2.35. The fourth-order valence-electron chi connectivity index (χ4n) is 1.24. The van der Waals surface area contributed by atoms with Gasteiger partial charge in [-0.3, -0.25) is 0 Å². The topological polar surface area (TPSA) is 78.5 Å². The van der Waals surface area contributed by atoms with Gasteiger partial charge in [0.2, 0.25) is 0 Å². The largest absolute Gasteiger partial charge is 0.381 e. The lowest BCUT2D eigenvalue weighted by atomic mass is 10.2. The molecule has 74 valence electrons. The molecule has 0 aliphatic rings. The van der Waals surface area contributed by atoms with E-state index < -0.39 is 0 Å². The predicted octanol–water partition coefficient (Wildman–Crippen LogP) is 1.67. The summed E-state index contributed by atoms with van der Waals surface area (Å²) < 4.78 is 12.9. The number of H-pyrrole nitrogens is 1. The molecule has 0 unspecified atom stereocenters. The molecule has 1 heterocycles. The number of hydrogen-bond donors (Lipinski definition) is 2. The third-order valence-corrected chi connectivity index (χ3v) is 1.94. The molecule has 3 N–H and O–H groups in total. The van der Waals surface area contributed by atoms with Gasteiger partial charge in [-0.1, -0.05) is 12.1 Å². The average molecular weight is 202 g/mol. The Balaban J connectivity index is 2.51. The number of halogens is 1. The summed E-state index contributed by atoms with van der Waals surface area (Å²) in [5.74, 6) is 0.154. The van der Waals surface area contributed by atoms with Gasteiger partial charge in [0.15, 0.2) is 11.5 Å². The van der Waals surface area contributed by atoms with Crippen LogP contribution in [-0.4, -0.2) is 9.97 Å². The number of nitrogens with two attached hydrogens (primary N) is 1. The van der Waals surface area contributed by atoms with Crippen molar-refractivity contribution in [2.24, 2.45) is 0 Å². The zero-order chi connectivity index (χ0) is 10.8. The van der Waals surface area contributed by atoms with Gasteiger partial charge in [-0.25, -0.2) is 9.37 Å². The van der Waals surface area contributed by atoms with Crippen LogP contribution in [-0.2, 0) is 0 Å². The Morgan fingerprint density at radius 1 is 1.47 bits per heavy atom. The smallest absolute Gasteiger partial charge is 0.161 e. The number of benzene rings is 1. The summed E-state index contributed by atoms with van der Waals surface area (Å²) in [5.41, 5.74) is 6.22. The van der Waals surface area contributed by atoms with Crippen LogP contribution in [0, 0.1) is 17.1 Å². The minimum Gasteiger partial charge on any atom is -0.381 e. The third-order valence-electron chi connectivity index (χ3n) is 1.94. The maximum atomic E-state index is 12.9. The van der Waals surface area contributed by atoms with Crippen molar-refractivity contribution >= 4 is 5.82 Å². The molecular formula is C10H7FN4. The highest BCUT2D eigenvalue weighted by atomic mass is 19.1. The molecule has 0 aliphatic carbocycles. The number of aromatic nitrogens is 2. The van der Waals surface area contributed by atoms with Crippen LogP contribution in [0.5, 0.6) is 0 Å². The summed E-state index contributed by atoms with van der Waals surface area (Å²) in [7, 11) is 0. The molecule has 0 aliphatic heterocycles. The Morgan fingerprint density at radius 3 is 2.87 bits per heavy atom. The summed E-state index contributed by atoms with van der Waals surface area (Å²) in [5, 5.41) is 8.66. The molecule has 15 heavy (non-hydrogen) atoms. The van der Waals surface area contributed by atoms with Crippen molar-refractivity contribution in [1.29, 1.82) is 5.26 Å².